The summed E-state index contributed by atoms with van der Waals surface area (Å²) < 4.78 is 0. The number of nitrogens with zero attached hydrogens (tertiary/aromatic N) is 1. The SMILES string of the molecule is C[SiH](C)C.c1c[nH]cn1. The molecule has 52 valence electrons. The van der Waals surface area contributed by atoms with E-state index in [4.69, 9.17) is 0 Å². The maximum Gasteiger partial charge on any atom is 0.0919 e. The van der Waals surface area contributed by atoms with Gasteiger partial charge >= 0.3 is 0 Å². The van der Waals surface area contributed by atoms with Crippen molar-refractivity contribution in [2.24, 2.45) is 0 Å². The number of aromatic nitrogens is 2. The fourth-order valence-electron chi connectivity index (χ4n) is 0.215. The molecule has 0 aromatic carbocycles. The van der Waals surface area contributed by atoms with Gasteiger partial charge in [-0.2, -0.15) is 0 Å². The van der Waals surface area contributed by atoms with Crippen LogP contribution in [-0.4, -0.2) is 18.8 Å². The largest absolute Gasteiger partial charge is 0.351 e. The number of imidazole rings is 1. The summed E-state index contributed by atoms with van der Waals surface area (Å²) in [5, 5.41) is 0. The van der Waals surface area contributed by atoms with Crippen LogP contribution in [-0.2, 0) is 0 Å². The van der Waals surface area contributed by atoms with E-state index in [1.165, 1.54) is 0 Å². The number of nitrogens with one attached hydrogen (secondary N) is 1. The zero-order valence-corrected chi connectivity index (χ0v) is 7.41. The van der Waals surface area contributed by atoms with E-state index in [-0.39, 0.29) is 8.80 Å². The average molecular weight is 142 g/mol. The van der Waals surface area contributed by atoms with E-state index >= 15 is 0 Å². The Bertz CT molecular complexity index is 94.6. The van der Waals surface area contributed by atoms with Crippen LogP contribution < -0.4 is 0 Å². The summed E-state index contributed by atoms with van der Waals surface area (Å²) in [5.74, 6) is 0. The van der Waals surface area contributed by atoms with E-state index < -0.39 is 0 Å². The number of rotatable bonds is 0. The lowest BCUT2D eigenvalue weighted by Gasteiger charge is -1.75. The van der Waals surface area contributed by atoms with Crippen LogP contribution in [0.25, 0.3) is 0 Å². The molecule has 0 radical (unpaired) electrons. The molecule has 0 aliphatic heterocycles. The van der Waals surface area contributed by atoms with Crippen molar-refractivity contribution >= 4 is 8.80 Å². The lowest BCUT2D eigenvalue weighted by atomic mass is 11.0. The highest BCUT2D eigenvalue weighted by atomic mass is 28.3. The van der Waals surface area contributed by atoms with Gasteiger partial charge in [0.2, 0.25) is 0 Å². The highest BCUT2D eigenvalue weighted by Crippen LogP contribution is 1.68. The minimum atomic E-state index is -0.139. The molecular weight excluding hydrogens is 128 g/mol. The predicted octanol–water partition coefficient (Wildman–Crippen LogP) is 1.51. The molecule has 1 N–H and O–H groups in total. The second kappa shape index (κ2) is 5.56. The van der Waals surface area contributed by atoms with Gasteiger partial charge in [-0.1, -0.05) is 19.6 Å². The molecule has 0 aliphatic carbocycles. The van der Waals surface area contributed by atoms with E-state index in [0.717, 1.165) is 0 Å². The zero-order valence-electron chi connectivity index (χ0n) is 6.26. The quantitative estimate of drug-likeness (QED) is 0.547. The van der Waals surface area contributed by atoms with E-state index in [0.29, 0.717) is 0 Å². The van der Waals surface area contributed by atoms with E-state index in [1.54, 1.807) is 18.7 Å². The standard InChI is InChI=1S/C3H4N2.C3H10Si/c1-2-5-3-4-1;1-4(2)3/h1-3H,(H,4,5);4H,1-3H3. The van der Waals surface area contributed by atoms with E-state index in [1.807, 2.05) is 0 Å². The van der Waals surface area contributed by atoms with Gasteiger partial charge in [0.05, 0.1) is 6.33 Å². The third kappa shape index (κ3) is 11.2. The molecule has 0 atom stereocenters. The van der Waals surface area contributed by atoms with Crippen molar-refractivity contribution in [1.29, 1.82) is 0 Å². The molecule has 1 rings (SSSR count). The predicted molar refractivity (Wildman–Crippen MR) is 43.3 cm³/mol. The maximum absolute atomic E-state index is 3.67. The normalized spacial score (nSPS) is 8.44. The second-order valence-corrected chi connectivity index (χ2v) is 5.96. The first-order valence-corrected chi connectivity index (χ1v) is 6.62. The molecule has 1 aromatic heterocycles. The third-order valence-corrected chi connectivity index (χ3v) is 0.406. The van der Waals surface area contributed by atoms with Crippen molar-refractivity contribution in [3.05, 3.63) is 18.7 Å². The second-order valence-electron chi connectivity index (χ2n) is 2.49. The van der Waals surface area contributed by atoms with E-state index in [2.05, 4.69) is 29.6 Å². The molecule has 0 bridgehead atoms. The van der Waals surface area contributed by atoms with Gasteiger partial charge in [0.1, 0.15) is 0 Å². The van der Waals surface area contributed by atoms with Crippen molar-refractivity contribution in [2.75, 3.05) is 0 Å². The first-order chi connectivity index (χ1) is 4.23. The summed E-state index contributed by atoms with van der Waals surface area (Å²) >= 11 is 0. The number of aromatic amines is 1. The van der Waals surface area contributed by atoms with Crippen molar-refractivity contribution in [2.45, 2.75) is 19.6 Å². The smallest absolute Gasteiger partial charge is 0.0919 e. The van der Waals surface area contributed by atoms with Gasteiger partial charge in [-0.05, 0) is 0 Å². The first-order valence-electron chi connectivity index (χ1n) is 3.16. The van der Waals surface area contributed by atoms with Crippen molar-refractivity contribution < 1.29 is 0 Å². The van der Waals surface area contributed by atoms with Gasteiger partial charge in [0, 0.05) is 21.2 Å². The lowest BCUT2D eigenvalue weighted by Crippen LogP contribution is -1.84. The van der Waals surface area contributed by atoms with Gasteiger partial charge in [-0.25, -0.2) is 4.98 Å². The summed E-state index contributed by atoms with van der Waals surface area (Å²) in [6.07, 6.45) is 5.08. The van der Waals surface area contributed by atoms with Crippen molar-refractivity contribution in [1.82, 2.24) is 9.97 Å². The Hall–Kier alpha value is -0.573. The molecule has 2 nitrogen and oxygen atoms in total. The Morgan fingerprint density at radius 1 is 1.33 bits per heavy atom. The van der Waals surface area contributed by atoms with Gasteiger partial charge in [-0.3, -0.25) is 0 Å². The molecule has 0 unspecified atom stereocenters. The Morgan fingerprint density at radius 2 is 1.89 bits per heavy atom. The van der Waals surface area contributed by atoms with Crippen LogP contribution in [0.1, 0.15) is 0 Å². The molecule has 0 saturated carbocycles. The first kappa shape index (κ1) is 8.43. The minimum absolute atomic E-state index is 0.139. The molecule has 0 aliphatic rings. The van der Waals surface area contributed by atoms with Crippen LogP contribution in [0.3, 0.4) is 0 Å². The number of hydrogen-bond acceptors (Lipinski definition) is 1. The minimum Gasteiger partial charge on any atom is -0.351 e. The Balaban J connectivity index is 0.000000148. The molecule has 1 aromatic rings. The Labute approximate surface area is 57.9 Å². The summed E-state index contributed by atoms with van der Waals surface area (Å²) in [5.41, 5.74) is 0. The summed E-state index contributed by atoms with van der Waals surface area (Å²) in [6, 6.07) is 0. The lowest BCUT2D eigenvalue weighted by molar-refractivity contribution is 1.31. The molecule has 0 amide bonds. The van der Waals surface area contributed by atoms with Gasteiger partial charge in [-0.15, -0.1) is 0 Å². The van der Waals surface area contributed by atoms with Crippen LogP contribution in [0, 0.1) is 0 Å². The molecular formula is C6H14N2Si. The summed E-state index contributed by atoms with van der Waals surface area (Å²) in [4.78, 5) is 6.42. The van der Waals surface area contributed by atoms with Crippen LogP contribution in [0.15, 0.2) is 18.7 Å². The highest BCUT2D eigenvalue weighted by Gasteiger charge is 1.71. The van der Waals surface area contributed by atoms with Crippen molar-refractivity contribution in [3.8, 4) is 0 Å². The summed E-state index contributed by atoms with van der Waals surface area (Å²) in [7, 11) is -0.139. The topological polar surface area (TPSA) is 28.7 Å². The number of H-pyrrole nitrogens is 1. The molecule has 1 heterocycles. The van der Waals surface area contributed by atoms with Gasteiger partial charge in [0.15, 0.2) is 0 Å². The molecule has 9 heavy (non-hydrogen) atoms. The van der Waals surface area contributed by atoms with Gasteiger partial charge < -0.3 is 4.98 Å². The van der Waals surface area contributed by atoms with Crippen LogP contribution >= 0.6 is 0 Å². The van der Waals surface area contributed by atoms with Crippen LogP contribution in [0.5, 0.6) is 0 Å². The van der Waals surface area contributed by atoms with Crippen LogP contribution in [0.4, 0.5) is 0 Å². The molecule has 0 saturated heterocycles. The fourth-order valence-corrected chi connectivity index (χ4v) is 0.215. The summed E-state index contributed by atoms with van der Waals surface area (Å²) in [6.45, 7) is 6.92. The number of hydrogen-bond donors (Lipinski definition) is 1. The molecule has 0 spiro atoms. The van der Waals surface area contributed by atoms with Gasteiger partial charge in [0.25, 0.3) is 0 Å². The Morgan fingerprint density at radius 3 is 2.00 bits per heavy atom. The molecule has 0 fully saturated rings. The van der Waals surface area contributed by atoms with Crippen molar-refractivity contribution in [3.63, 3.8) is 0 Å². The van der Waals surface area contributed by atoms with E-state index in [9.17, 15) is 0 Å². The highest BCUT2D eigenvalue weighted by molar-refractivity contribution is 6.54. The molecule has 3 heteroatoms. The van der Waals surface area contributed by atoms with Crippen LogP contribution in [0.2, 0.25) is 19.6 Å². The zero-order chi connectivity index (χ0) is 7.11. The third-order valence-electron chi connectivity index (χ3n) is 0.406. The average Bonchev–Trinajstić information content (AvgIpc) is 2.11. The maximum atomic E-state index is 3.67. The fraction of sp³-hybridized carbons (Fsp3) is 0.500. The Kier molecular flexibility index (Phi) is 5.21. The monoisotopic (exact) mass is 142 g/mol.